The fraction of sp³-hybridized carbons (Fsp3) is 0.211. The normalized spacial score (nSPS) is 10.7. The molecule has 0 spiro atoms. The van der Waals surface area contributed by atoms with Crippen molar-refractivity contribution in [1.82, 2.24) is 4.90 Å². The topological polar surface area (TPSA) is 29.5 Å². The van der Waals surface area contributed by atoms with Crippen LogP contribution in [0, 0.1) is 0 Å². The highest BCUT2D eigenvalue weighted by Crippen LogP contribution is 2.08. The summed E-state index contributed by atoms with van der Waals surface area (Å²) < 4.78 is 5.43. The molecular weight excluding hydrogens is 354 g/mol. The molecule has 0 aliphatic heterocycles. The van der Waals surface area contributed by atoms with Crippen molar-refractivity contribution in [3.05, 3.63) is 83.9 Å². The van der Waals surface area contributed by atoms with Crippen LogP contribution in [0.2, 0.25) is 0 Å². The van der Waals surface area contributed by atoms with E-state index in [1.165, 1.54) is 0 Å². The Labute approximate surface area is 145 Å². The van der Waals surface area contributed by atoms with Gasteiger partial charge in [-0.3, -0.25) is 0 Å². The maximum absolute atomic E-state index is 12.4. The van der Waals surface area contributed by atoms with Crippen molar-refractivity contribution in [2.45, 2.75) is 13.2 Å². The summed E-state index contributed by atoms with van der Waals surface area (Å²) in [5.41, 5.74) is 2.06. The van der Waals surface area contributed by atoms with E-state index in [0.717, 1.165) is 16.5 Å². The van der Waals surface area contributed by atoms with E-state index in [9.17, 15) is 4.79 Å². The number of ether oxygens (including phenoxy) is 1. The summed E-state index contributed by atoms with van der Waals surface area (Å²) in [6.07, 6.45) is 3.63. The Balaban J connectivity index is 1.97. The Morgan fingerprint density at radius 2 is 1.57 bits per heavy atom. The molecule has 0 radical (unpaired) electrons. The highest BCUT2D eigenvalue weighted by Gasteiger charge is 2.14. The van der Waals surface area contributed by atoms with Gasteiger partial charge in [0, 0.05) is 18.4 Å². The average Bonchev–Trinajstić information content (AvgIpc) is 2.61. The second-order valence-corrected chi connectivity index (χ2v) is 5.68. The number of hydrogen-bond donors (Lipinski definition) is 0. The summed E-state index contributed by atoms with van der Waals surface area (Å²) in [6, 6.07) is 19.6. The second kappa shape index (κ2) is 9.85. The van der Waals surface area contributed by atoms with Gasteiger partial charge in [-0.05, 0) is 11.1 Å². The third kappa shape index (κ3) is 6.28. The van der Waals surface area contributed by atoms with Crippen LogP contribution >= 0.6 is 15.9 Å². The smallest absolute Gasteiger partial charge is 0.410 e. The van der Waals surface area contributed by atoms with E-state index in [1.807, 2.05) is 72.8 Å². The van der Waals surface area contributed by atoms with Gasteiger partial charge in [-0.25, -0.2) is 4.79 Å². The lowest BCUT2D eigenvalue weighted by atomic mass is 10.2. The van der Waals surface area contributed by atoms with Crippen LogP contribution in [0.25, 0.3) is 0 Å². The molecule has 120 valence electrons. The Morgan fingerprint density at radius 3 is 2.17 bits per heavy atom. The van der Waals surface area contributed by atoms with Gasteiger partial charge in [0.2, 0.25) is 0 Å². The number of alkyl halides is 1. The number of carbonyl (C=O) groups excluding carboxylic acids is 1. The molecule has 0 aliphatic rings. The van der Waals surface area contributed by atoms with Crippen molar-refractivity contribution in [1.29, 1.82) is 0 Å². The molecule has 1 amide bonds. The molecule has 0 unspecified atom stereocenters. The highest BCUT2D eigenvalue weighted by molar-refractivity contribution is 9.09. The van der Waals surface area contributed by atoms with Crippen LogP contribution in [0.1, 0.15) is 11.1 Å². The molecule has 0 aliphatic carbocycles. The van der Waals surface area contributed by atoms with Crippen LogP contribution in [0.5, 0.6) is 0 Å². The zero-order chi connectivity index (χ0) is 16.3. The summed E-state index contributed by atoms with van der Waals surface area (Å²) in [6.45, 7) is 1.34. The van der Waals surface area contributed by atoms with E-state index >= 15 is 0 Å². The summed E-state index contributed by atoms with van der Waals surface area (Å²) in [4.78, 5) is 14.1. The standard InChI is InChI=1S/C19H20BrNO2/c20-13-7-8-14-21(15-17-9-3-1-4-10-17)19(22)23-16-18-11-5-2-6-12-18/h1-12H,13-16H2/b8-7+. The van der Waals surface area contributed by atoms with Crippen LogP contribution in [0.4, 0.5) is 4.79 Å². The fourth-order valence-corrected chi connectivity index (χ4v) is 2.35. The molecule has 3 nitrogen and oxygen atoms in total. The maximum atomic E-state index is 12.4. The minimum Gasteiger partial charge on any atom is -0.445 e. The first-order valence-electron chi connectivity index (χ1n) is 7.50. The van der Waals surface area contributed by atoms with Gasteiger partial charge < -0.3 is 9.64 Å². The van der Waals surface area contributed by atoms with E-state index in [4.69, 9.17) is 4.74 Å². The number of halogens is 1. The van der Waals surface area contributed by atoms with Crippen molar-refractivity contribution in [2.75, 3.05) is 11.9 Å². The van der Waals surface area contributed by atoms with Crippen molar-refractivity contribution < 1.29 is 9.53 Å². The van der Waals surface area contributed by atoms with Gasteiger partial charge in [0.25, 0.3) is 0 Å². The lowest BCUT2D eigenvalue weighted by Crippen LogP contribution is -2.31. The van der Waals surface area contributed by atoms with Crippen LogP contribution < -0.4 is 0 Å². The lowest BCUT2D eigenvalue weighted by molar-refractivity contribution is 0.0978. The number of nitrogens with zero attached hydrogens (tertiary/aromatic N) is 1. The Hall–Kier alpha value is -2.07. The SMILES string of the molecule is O=C(OCc1ccccc1)N(C/C=C/CBr)Cc1ccccc1. The van der Waals surface area contributed by atoms with Gasteiger partial charge in [0.1, 0.15) is 6.61 Å². The first kappa shape index (κ1) is 17.3. The third-order valence-electron chi connectivity index (χ3n) is 3.26. The van der Waals surface area contributed by atoms with Gasteiger partial charge in [0.05, 0.1) is 0 Å². The fourth-order valence-electron chi connectivity index (χ4n) is 2.08. The van der Waals surface area contributed by atoms with Gasteiger partial charge in [-0.15, -0.1) is 0 Å². The van der Waals surface area contributed by atoms with Gasteiger partial charge in [-0.2, -0.15) is 0 Å². The molecule has 0 fully saturated rings. The molecule has 0 aromatic heterocycles. The Morgan fingerprint density at radius 1 is 0.957 bits per heavy atom. The highest BCUT2D eigenvalue weighted by atomic mass is 79.9. The predicted octanol–water partition coefficient (Wildman–Crippen LogP) is 4.78. The largest absolute Gasteiger partial charge is 0.445 e. The van der Waals surface area contributed by atoms with Crippen LogP contribution in [-0.4, -0.2) is 22.9 Å². The van der Waals surface area contributed by atoms with Gasteiger partial charge >= 0.3 is 6.09 Å². The van der Waals surface area contributed by atoms with Crippen LogP contribution in [0.15, 0.2) is 72.8 Å². The molecule has 23 heavy (non-hydrogen) atoms. The van der Waals surface area contributed by atoms with E-state index in [0.29, 0.717) is 13.1 Å². The molecule has 0 saturated heterocycles. The predicted molar refractivity (Wildman–Crippen MR) is 96.4 cm³/mol. The molecule has 4 heteroatoms. The maximum Gasteiger partial charge on any atom is 0.410 e. The van der Waals surface area contributed by atoms with Crippen molar-refractivity contribution >= 4 is 22.0 Å². The quantitative estimate of drug-likeness (QED) is 0.516. The second-order valence-electron chi connectivity index (χ2n) is 5.03. The van der Waals surface area contributed by atoms with E-state index in [-0.39, 0.29) is 12.7 Å². The molecular formula is C19H20BrNO2. The molecule has 2 aromatic rings. The number of carbonyl (C=O) groups is 1. The average molecular weight is 374 g/mol. The lowest BCUT2D eigenvalue weighted by Gasteiger charge is -2.21. The van der Waals surface area contributed by atoms with Crippen molar-refractivity contribution in [3.63, 3.8) is 0 Å². The number of amides is 1. The minimum atomic E-state index is -0.308. The molecule has 0 bridgehead atoms. The van der Waals surface area contributed by atoms with Crippen molar-refractivity contribution in [3.8, 4) is 0 Å². The Kier molecular flexibility index (Phi) is 7.40. The van der Waals surface area contributed by atoms with E-state index in [1.54, 1.807) is 4.90 Å². The molecule has 2 rings (SSSR count). The Bertz CT molecular complexity index is 614. The number of hydrogen-bond acceptors (Lipinski definition) is 2. The minimum absolute atomic E-state index is 0.285. The molecule has 0 atom stereocenters. The van der Waals surface area contributed by atoms with E-state index < -0.39 is 0 Å². The molecule has 2 aromatic carbocycles. The first-order chi connectivity index (χ1) is 11.3. The van der Waals surface area contributed by atoms with Gasteiger partial charge in [0.15, 0.2) is 0 Å². The van der Waals surface area contributed by atoms with Crippen LogP contribution in [0.3, 0.4) is 0 Å². The van der Waals surface area contributed by atoms with E-state index in [2.05, 4.69) is 15.9 Å². The zero-order valence-corrected chi connectivity index (χ0v) is 14.5. The summed E-state index contributed by atoms with van der Waals surface area (Å²) >= 11 is 3.34. The summed E-state index contributed by atoms with van der Waals surface area (Å²) in [5, 5.41) is 0.769. The van der Waals surface area contributed by atoms with Gasteiger partial charge in [-0.1, -0.05) is 88.7 Å². The molecule has 0 N–H and O–H groups in total. The molecule has 0 saturated carbocycles. The third-order valence-corrected chi connectivity index (χ3v) is 3.63. The summed E-state index contributed by atoms with van der Waals surface area (Å²) in [5.74, 6) is 0. The summed E-state index contributed by atoms with van der Waals surface area (Å²) in [7, 11) is 0. The molecule has 0 heterocycles. The number of rotatable bonds is 7. The first-order valence-corrected chi connectivity index (χ1v) is 8.62. The van der Waals surface area contributed by atoms with Crippen LogP contribution in [-0.2, 0) is 17.9 Å². The van der Waals surface area contributed by atoms with Crippen molar-refractivity contribution in [2.24, 2.45) is 0 Å². The number of benzene rings is 2. The number of allylic oxidation sites excluding steroid dienone is 1. The monoisotopic (exact) mass is 373 g/mol. The zero-order valence-electron chi connectivity index (χ0n) is 12.9.